The van der Waals surface area contributed by atoms with Gasteiger partial charge in [0.1, 0.15) is 17.3 Å². The summed E-state index contributed by atoms with van der Waals surface area (Å²) in [5.41, 5.74) is 1.12. The normalized spacial score (nSPS) is 16.2. The molecular formula is C20H24N6OS. The molecule has 28 heavy (non-hydrogen) atoms. The topological polar surface area (TPSA) is 66.1 Å². The highest BCUT2D eigenvalue weighted by molar-refractivity contribution is 7.71. The van der Waals surface area contributed by atoms with Crippen LogP contribution in [0.15, 0.2) is 40.9 Å². The summed E-state index contributed by atoms with van der Waals surface area (Å²) in [5, 5.41) is 3.26. The number of hydrogen-bond acceptors (Lipinski definition) is 6. The second-order valence-corrected chi connectivity index (χ2v) is 7.32. The van der Waals surface area contributed by atoms with E-state index in [2.05, 4.69) is 30.9 Å². The molecule has 1 saturated heterocycles. The minimum atomic E-state index is 0.561. The zero-order chi connectivity index (χ0) is 19.3. The Labute approximate surface area is 169 Å². The molecule has 1 N–H and O–H groups in total. The molecule has 0 bridgehead atoms. The fourth-order valence-corrected chi connectivity index (χ4v) is 3.46. The number of nitrogens with zero attached hydrogens (tertiary/aromatic N) is 5. The van der Waals surface area contributed by atoms with Crippen LogP contribution in [0.5, 0.6) is 0 Å². The number of aromatic amines is 1. The van der Waals surface area contributed by atoms with Gasteiger partial charge < -0.3 is 4.42 Å². The van der Waals surface area contributed by atoms with Gasteiger partial charge in [0.05, 0.1) is 12.4 Å². The Morgan fingerprint density at radius 3 is 2.64 bits per heavy atom. The van der Waals surface area contributed by atoms with Gasteiger partial charge in [-0.3, -0.25) is 19.9 Å². The number of aromatic nitrogens is 4. The molecule has 7 nitrogen and oxygen atoms in total. The van der Waals surface area contributed by atoms with E-state index < -0.39 is 0 Å². The zero-order valence-electron chi connectivity index (χ0n) is 15.9. The van der Waals surface area contributed by atoms with Gasteiger partial charge in [-0.15, -0.1) is 0 Å². The van der Waals surface area contributed by atoms with E-state index in [4.69, 9.17) is 16.6 Å². The number of aryl methyl sites for hydroxylation is 1. The van der Waals surface area contributed by atoms with Crippen molar-refractivity contribution in [3.63, 3.8) is 0 Å². The number of furan rings is 1. The number of piperazine rings is 1. The van der Waals surface area contributed by atoms with Crippen molar-refractivity contribution in [2.24, 2.45) is 0 Å². The van der Waals surface area contributed by atoms with Crippen LogP contribution >= 0.6 is 12.2 Å². The number of pyridine rings is 1. The second kappa shape index (κ2) is 8.64. The molecule has 0 saturated carbocycles. The van der Waals surface area contributed by atoms with Gasteiger partial charge in [0.25, 0.3) is 0 Å². The number of rotatable bonds is 6. The molecule has 0 atom stereocenters. The van der Waals surface area contributed by atoms with Crippen LogP contribution in [0.25, 0.3) is 12.2 Å². The first-order valence-corrected chi connectivity index (χ1v) is 9.82. The van der Waals surface area contributed by atoms with E-state index in [-0.39, 0.29) is 0 Å². The van der Waals surface area contributed by atoms with E-state index in [0.29, 0.717) is 4.77 Å². The maximum atomic E-state index is 5.54. The maximum absolute atomic E-state index is 5.54. The first-order valence-electron chi connectivity index (χ1n) is 9.42. The summed E-state index contributed by atoms with van der Waals surface area (Å²) in [5.74, 6) is 2.42. The zero-order valence-corrected chi connectivity index (χ0v) is 16.7. The second-order valence-electron chi connectivity index (χ2n) is 6.96. The lowest BCUT2D eigenvalue weighted by Gasteiger charge is -2.34. The van der Waals surface area contributed by atoms with Gasteiger partial charge >= 0.3 is 0 Å². The smallest absolute Gasteiger partial charge is 0.217 e. The number of H-pyrrole nitrogens is 1. The average Bonchev–Trinajstić information content (AvgIpc) is 3.28. The van der Waals surface area contributed by atoms with E-state index in [1.807, 2.05) is 54.2 Å². The third kappa shape index (κ3) is 4.83. The summed E-state index contributed by atoms with van der Waals surface area (Å²) in [6.45, 7) is 7.56. The Morgan fingerprint density at radius 1 is 1.11 bits per heavy atom. The Morgan fingerprint density at radius 2 is 1.93 bits per heavy atom. The molecule has 0 unspecified atom stereocenters. The van der Waals surface area contributed by atoms with E-state index >= 15 is 0 Å². The van der Waals surface area contributed by atoms with E-state index in [1.54, 1.807) is 0 Å². The monoisotopic (exact) mass is 396 g/mol. The van der Waals surface area contributed by atoms with Crippen molar-refractivity contribution >= 4 is 24.4 Å². The van der Waals surface area contributed by atoms with Crippen molar-refractivity contribution in [3.05, 3.63) is 64.3 Å². The van der Waals surface area contributed by atoms with Crippen LogP contribution in [0.4, 0.5) is 0 Å². The summed E-state index contributed by atoms with van der Waals surface area (Å²) < 4.78 is 8.01. The van der Waals surface area contributed by atoms with Gasteiger partial charge in [-0.1, -0.05) is 6.07 Å². The lowest BCUT2D eigenvalue weighted by Crippen LogP contribution is -2.46. The third-order valence-corrected chi connectivity index (χ3v) is 5.09. The van der Waals surface area contributed by atoms with Crippen molar-refractivity contribution in [3.8, 4) is 0 Å². The number of hydrogen-bond donors (Lipinski definition) is 1. The van der Waals surface area contributed by atoms with Crippen LogP contribution in [0.2, 0.25) is 0 Å². The minimum absolute atomic E-state index is 0.561. The maximum Gasteiger partial charge on any atom is 0.217 e. The van der Waals surface area contributed by atoms with E-state index in [1.165, 1.54) is 0 Å². The SMILES string of the molecule is Cc1ccc(C=Cc2nc(=S)n(CN3CCN(Cc4ccccn4)CC3)[nH]2)o1. The molecule has 3 aromatic heterocycles. The molecule has 4 rings (SSSR count). The summed E-state index contributed by atoms with van der Waals surface area (Å²) in [6, 6.07) is 9.94. The first-order chi connectivity index (χ1) is 13.7. The summed E-state index contributed by atoms with van der Waals surface area (Å²) in [4.78, 5) is 13.6. The van der Waals surface area contributed by atoms with Crippen molar-refractivity contribution < 1.29 is 4.42 Å². The van der Waals surface area contributed by atoms with Crippen molar-refractivity contribution in [2.45, 2.75) is 20.1 Å². The molecule has 3 aromatic rings. The summed E-state index contributed by atoms with van der Waals surface area (Å²) in [7, 11) is 0. The van der Waals surface area contributed by atoms with E-state index in [9.17, 15) is 0 Å². The van der Waals surface area contributed by atoms with Gasteiger partial charge in [-0.25, -0.2) is 4.68 Å². The van der Waals surface area contributed by atoms with Gasteiger partial charge in [-0.2, -0.15) is 4.98 Å². The molecule has 1 fully saturated rings. The lowest BCUT2D eigenvalue weighted by molar-refractivity contribution is 0.0974. The van der Waals surface area contributed by atoms with Gasteiger partial charge in [0.2, 0.25) is 4.77 Å². The standard InChI is InChI=1S/C20H24N6OS/c1-16-5-6-18(27-16)7-8-19-22-20(28)26(23-19)15-25-12-10-24(11-13-25)14-17-4-2-3-9-21-17/h2-9H,10-15H2,1H3,(H,22,23,28). The summed E-state index contributed by atoms with van der Waals surface area (Å²) >= 11 is 5.40. The highest BCUT2D eigenvalue weighted by Crippen LogP contribution is 2.11. The first kappa shape index (κ1) is 18.8. The van der Waals surface area contributed by atoms with Crippen molar-refractivity contribution in [1.29, 1.82) is 0 Å². The minimum Gasteiger partial charge on any atom is -0.462 e. The predicted molar refractivity (Wildman–Crippen MR) is 111 cm³/mol. The quantitative estimate of drug-likeness (QED) is 0.646. The largest absolute Gasteiger partial charge is 0.462 e. The Hall–Kier alpha value is -2.55. The molecule has 0 aliphatic carbocycles. The molecule has 0 aromatic carbocycles. The molecule has 8 heteroatoms. The molecule has 0 amide bonds. The van der Waals surface area contributed by atoms with Crippen LogP contribution < -0.4 is 0 Å². The third-order valence-electron chi connectivity index (χ3n) is 4.78. The van der Waals surface area contributed by atoms with Crippen LogP contribution in [0.1, 0.15) is 23.0 Å². The van der Waals surface area contributed by atoms with Crippen LogP contribution in [-0.2, 0) is 13.2 Å². The highest BCUT2D eigenvalue weighted by atomic mass is 32.1. The van der Waals surface area contributed by atoms with Gasteiger partial charge in [-0.05, 0) is 55.6 Å². The fraction of sp³-hybridized carbons (Fsp3) is 0.350. The molecule has 146 valence electrons. The molecule has 1 aliphatic heterocycles. The lowest BCUT2D eigenvalue weighted by atomic mass is 10.3. The molecule has 0 spiro atoms. The summed E-state index contributed by atoms with van der Waals surface area (Å²) in [6.07, 6.45) is 5.63. The van der Waals surface area contributed by atoms with Crippen LogP contribution in [0, 0.1) is 11.7 Å². The Bertz CT molecular complexity index is 982. The molecular weight excluding hydrogens is 372 g/mol. The van der Waals surface area contributed by atoms with Crippen LogP contribution in [0.3, 0.4) is 0 Å². The van der Waals surface area contributed by atoms with E-state index in [0.717, 1.165) is 62.4 Å². The number of nitrogens with one attached hydrogen (secondary N) is 1. The predicted octanol–water partition coefficient (Wildman–Crippen LogP) is 3.18. The fourth-order valence-electron chi connectivity index (χ4n) is 3.26. The van der Waals surface area contributed by atoms with Gasteiger partial charge in [0.15, 0.2) is 0 Å². The molecule has 4 heterocycles. The average molecular weight is 397 g/mol. The highest BCUT2D eigenvalue weighted by Gasteiger charge is 2.18. The van der Waals surface area contributed by atoms with Crippen LogP contribution in [-0.4, -0.2) is 55.7 Å². The molecule has 0 radical (unpaired) electrons. The Kier molecular flexibility index (Phi) is 5.80. The van der Waals surface area contributed by atoms with Crippen molar-refractivity contribution in [1.82, 2.24) is 29.5 Å². The molecule has 1 aliphatic rings. The van der Waals surface area contributed by atoms with Crippen molar-refractivity contribution in [2.75, 3.05) is 26.2 Å². The Balaban J connectivity index is 1.31. The van der Waals surface area contributed by atoms with Gasteiger partial charge in [0, 0.05) is 38.9 Å².